The number of thiazole rings is 1. The second kappa shape index (κ2) is 7.54. The molecular formula is C20H19N5O3S2. The number of carbonyl (C=O) groups excluding carboxylic acids is 1. The van der Waals surface area contributed by atoms with Gasteiger partial charge in [-0.2, -0.15) is 5.10 Å². The van der Waals surface area contributed by atoms with E-state index < -0.39 is 10.0 Å². The molecule has 0 saturated carbocycles. The van der Waals surface area contributed by atoms with Crippen molar-refractivity contribution in [2.24, 2.45) is 0 Å². The quantitative estimate of drug-likeness (QED) is 0.433. The first-order valence-electron chi connectivity index (χ1n) is 9.06. The van der Waals surface area contributed by atoms with Crippen LogP contribution >= 0.6 is 11.3 Å². The Bertz CT molecular complexity index is 1340. The van der Waals surface area contributed by atoms with Gasteiger partial charge in [-0.1, -0.05) is 29.0 Å². The van der Waals surface area contributed by atoms with Crippen LogP contribution in [0.5, 0.6) is 0 Å². The van der Waals surface area contributed by atoms with E-state index in [0.29, 0.717) is 33.3 Å². The summed E-state index contributed by atoms with van der Waals surface area (Å²) in [5, 5.41) is 9.85. The number of anilines is 2. The highest BCUT2D eigenvalue weighted by Crippen LogP contribution is 2.30. The average Bonchev–Trinajstić information content (AvgIpc) is 3.23. The minimum atomic E-state index is -3.79. The molecule has 0 radical (unpaired) electrons. The maximum absolute atomic E-state index is 12.7. The highest BCUT2D eigenvalue weighted by Gasteiger charge is 2.22. The first kappa shape index (κ1) is 20.0. The smallest absolute Gasteiger partial charge is 0.265 e. The molecule has 0 aliphatic heterocycles. The van der Waals surface area contributed by atoms with Crippen molar-refractivity contribution in [1.29, 1.82) is 0 Å². The van der Waals surface area contributed by atoms with Crippen molar-refractivity contribution in [1.82, 2.24) is 15.2 Å². The molecule has 1 amide bonds. The van der Waals surface area contributed by atoms with Crippen molar-refractivity contribution in [3.63, 3.8) is 0 Å². The Balaban J connectivity index is 1.57. The lowest BCUT2D eigenvalue weighted by Crippen LogP contribution is -2.14. The van der Waals surface area contributed by atoms with E-state index in [0.717, 1.165) is 10.3 Å². The number of aryl methyl sites for hydroxylation is 3. The van der Waals surface area contributed by atoms with Gasteiger partial charge in [-0.25, -0.2) is 13.4 Å². The molecule has 3 N–H and O–H groups in total. The second-order valence-corrected chi connectivity index (χ2v) is 9.54. The summed E-state index contributed by atoms with van der Waals surface area (Å²) in [7, 11) is -3.79. The normalized spacial score (nSPS) is 11.6. The second-order valence-electron chi connectivity index (χ2n) is 6.89. The molecule has 2 aromatic carbocycles. The summed E-state index contributed by atoms with van der Waals surface area (Å²) in [4.78, 5) is 17.0. The van der Waals surface area contributed by atoms with Crippen LogP contribution in [0.1, 0.15) is 27.3 Å². The van der Waals surface area contributed by atoms with E-state index in [-0.39, 0.29) is 10.8 Å². The van der Waals surface area contributed by atoms with Gasteiger partial charge in [0, 0.05) is 5.56 Å². The summed E-state index contributed by atoms with van der Waals surface area (Å²) in [5.74, 6) is -0.249. The predicted molar refractivity (Wildman–Crippen MR) is 118 cm³/mol. The molecule has 8 nitrogen and oxygen atoms in total. The first-order chi connectivity index (χ1) is 14.2. The summed E-state index contributed by atoms with van der Waals surface area (Å²) >= 11 is 1.32. The maximum Gasteiger partial charge on any atom is 0.265 e. The molecule has 0 unspecified atom stereocenters. The molecule has 0 bridgehead atoms. The highest BCUT2D eigenvalue weighted by atomic mass is 32.2. The molecule has 0 aliphatic rings. The lowest BCUT2D eigenvalue weighted by molar-refractivity contribution is 0.102. The number of aromatic nitrogens is 3. The van der Waals surface area contributed by atoms with E-state index >= 15 is 0 Å². The molecule has 4 rings (SSSR count). The number of H-pyrrole nitrogens is 1. The lowest BCUT2D eigenvalue weighted by atomic mass is 10.1. The van der Waals surface area contributed by atoms with Crippen molar-refractivity contribution >= 4 is 48.3 Å². The minimum Gasteiger partial charge on any atom is -0.298 e. The van der Waals surface area contributed by atoms with Crippen LogP contribution in [0.15, 0.2) is 47.4 Å². The molecule has 2 heterocycles. The Labute approximate surface area is 177 Å². The molecule has 2 aromatic heterocycles. The Morgan fingerprint density at radius 3 is 2.47 bits per heavy atom. The number of nitrogens with zero attached hydrogens (tertiary/aromatic N) is 2. The van der Waals surface area contributed by atoms with Gasteiger partial charge in [-0.05, 0) is 51.1 Å². The fourth-order valence-corrected chi connectivity index (χ4v) is 5.33. The van der Waals surface area contributed by atoms with Gasteiger partial charge in [-0.15, -0.1) is 0 Å². The molecule has 10 heteroatoms. The number of amides is 1. The van der Waals surface area contributed by atoms with Crippen LogP contribution in [-0.2, 0) is 10.0 Å². The lowest BCUT2D eigenvalue weighted by Gasteiger charge is -2.08. The fraction of sp³-hybridized carbons (Fsp3) is 0.150. The summed E-state index contributed by atoms with van der Waals surface area (Å²) in [5.41, 5.74) is 3.44. The van der Waals surface area contributed by atoms with E-state index in [4.69, 9.17) is 0 Å². The van der Waals surface area contributed by atoms with Gasteiger partial charge in [0.25, 0.3) is 15.9 Å². The summed E-state index contributed by atoms with van der Waals surface area (Å²) in [6.07, 6.45) is 0. The zero-order valence-electron chi connectivity index (χ0n) is 16.5. The Morgan fingerprint density at radius 2 is 1.80 bits per heavy atom. The first-order valence-corrected chi connectivity index (χ1v) is 11.4. The maximum atomic E-state index is 12.7. The highest BCUT2D eigenvalue weighted by molar-refractivity contribution is 7.92. The van der Waals surface area contributed by atoms with Crippen molar-refractivity contribution in [2.75, 3.05) is 10.0 Å². The SMILES string of the molecule is Cc1ccc(C(=O)Nc2nc3cc(NS(=O)(=O)c4c(C)n[nH]c4C)ccc3s2)cc1. The van der Waals surface area contributed by atoms with Crippen LogP contribution in [0, 0.1) is 20.8 Å². The molecule has 30 heavy (non-hydrogen) atoms. The van der Waals surface area contributed by atoms with Gasteiger partial charge in [0.2, 0.25) is 0 Å². The zero-order chi connectivity index (χ0) is 21.5. The van der Waals surface area contributed by atoms with Crippen LogP contribution < -0.4 is 10.0 Å². The fourth-order valence-electron chi connectivity index (χ4n) is 3.06. The van der Waals surface area contributed by atoms with Gasteiger partial charge in [0.1, 0.15) is 4.90 Å². The minimum absolute atomic E-state index is 0.131. The van der Waals surface area contributed by atoms with E-state index in [9.17, 15) is 13.2 Å². The zero-order valence-corrected chi connectivity index (χ0v) is 18.1. The van der Waals surface area contributed by atoms with E-state index in [2.05, 4.69) is 25.2 Å². The van der Waals surface area contributed by atoms with Crippen LogP contribution in [0.2, 0.25) is 0 Å². The Kier molecular flexibility index (Phi) is 5.04. The Hall–Kier alpha value is -3.24. The van der Waals surface area contributed by atoms with Gasteiger partial charge >= 0.3 is 0 Å². The van der Waals surface area contributed by atoms with E-state index in [1.807, 2.05) is 19.1 Å². The van der Waals surface area contributed by atoms with E-state index in [1.54, 1.807) is 44.2 Å². The van der Waals surface area contributed by atoms with Crippen LogP contribution in [0.25, 0.3) is 10.2 Å². The summed E-state index contributed by atoms with van der Waals surface area (Å²) in [6, 6.07) is 12.3. The Morgan fingerprint density at radius 1 is 1.07 bits per heavy atom. The van der Waals surface area contributed by atoms with Gasteiger partial charge in [-0.3, -0.25) is 19.9 Å². The number of rotatable bonds is 5. The van der Waals surface area contributed by atoms with Crippen LogP contribution in [0.3, 0.4) is 0 Å². The third kappa shape index (κ3) is 3.91. The number of hydrogen-bond acceptors (Lipinski definition) is 6. The number of sulfonamides is 1. The molecule has 0 spiro atoms. The summed E-state index contributed by atoms with van der Waals surface area (Å²) < 4.78 is 28.8. The summed E-state index contributed by atoms with van der Waals surface area (Å²) in [6.45, 7) is 5.24. The van der Waals surface area contributed by atoms with Crippen molar-refractivity contribution in [2.45, 2.75) is 25.7 Å². The molecule has 4 aromatic rings. The predicted octanol–water partition coefficient (Wildman–Crippen LogP) is 4.00. The number of benzene rings is 2. The van der Waals surface area contributed by atoms with Gasteiger partial charge in [0.05, 0.1) is 27.3 Å². The van der Waals surface area contributed by atoms with Crippen molar-refractivity contribution < 1.29 is 13.2 Å². The number of hydrogen-bond donors (Lipinski definition) is 3. The molecule has 0 aliphatic carbocycles. The monoisotopic (exact) mass is 441 g/mol. The number of carbonyl (C=O) groups is 1. The van der Waals surface area contributed by atoms with Crippen LogP contribution in [0.4, 0.5) is 10.8 Å². The largest absolute Gasteiger partial charge is 0.298 e. The number of nitrogens with one attached hydrogen (secondary N) is 3. The van der Waals surface area contributed by atoms with Crippen molar-refractivity contribution in [3.05, 3.63) is 65.0 Å². The number of fused-ring (bicyclic) bond motifs is 1. The standard InChI is InChI=1S/C20H19N5O3S2/c1-11-4-6-14(7-5-11)19(26)22-20-21-16-10-15(8-9-17(16)29-20)25-30(27,28)18-12(2)23-24-13(18)3/h4-10,25H,1-3H3,(H,23,24)(H,21,22,26). The molecule has 0 atom stereocenters. The molecule has 0 fully saturated rings. The topological polar surface area (TPSA) is 117 Å². The average molecular weight is 442 g/mol. The third-order valence-electron chi connectivity index (χ3n) is 4.50. The molecule has 0 saturated heterocycles. The van der Waals surface area contributed by atoms with E-state index in [1.165, 1.54) is 11.3 Å². The third-order valence-corrected chi connectivity index (χ3v) is 7.10. The van der Waals surface area contributed by atoms with Gasteiger partial charge in [0.15, 0.2) is 5.13 Å². The molecular weight excluding hydrogens is 422 g/mol. The van der Waals surface area contributed by atoms with Crippen LogP contribution in [-0.4, -0.2) is 29.5 Å². The van der Waals surface area contributed by atoms with Gasteiger partial charge < -0.3 is 0 Å². The number of aromatic amines is 1. The van der Waals surface area contributed by atoms with Crippen molar-refractivity contribution in [3.8, 4) is 0 Å². The molecule has 154 valence electrons.